The van der Waals surface area contributed by atoms with Crippen LogP contribution in [0.3, 0.4) is 0 Å². The largest absolute Gasteiger partial charge is 0.310 e. The highest BCUT2D eigenvalue weighted by molar-refractivity contribution is 6.01. The van der Waals surface area contributed by atoms with Gasteiger partial charge in [0, 0.05) is 33.5 Å². The molecule has 0 heterocycles. The number of nitrogens with zero attached hydrogens (tertiary/aromatic N) is 2. The first kappa shape index (κ1) is 27.5. The van der Waals surface area contributed by atoms with Gasteiger partial charge in [0.15, 0.2) is 0 Å². The summed E-state index contributed by atoms with van der Waals surface area (Å²) in [4.78, 5) is 4.81. The van der Waals surface area contributed by atoms with Crippen LogP contribution in [0.25, 0.3) is 21.5 Å². The minimum Gasteiger partial charge on any atom is -0.310 e. The summed E-state index contributed by atoms with van der Waals surface area (Å²) < 4.78 is 0. The first-order valence-corrected chi connectivity index (χ1v) is 15.5. The average molecular weight is 569 g/mol. The van der Waals surface area contributed by atoms with Gasteiger partial charge < -0.3 is 9.80 Å². The quantitative estimate of drug-likeness (QED) is 0.180. The zero-order valence-electron chi connectivity index (χ0n) is 25.3. The second-order valence-electron chi connectivity index (χ2n) is 11.4. The molecule has 2 nitrogen and oxygen atoms in total. The van der Waals surface area contributed by atoms with E-state index in [-0.39, 0.29) is 0 Å². The Bertz CT molecular complexity index is 2030. The summed E-state index contributed by atoms with van der Waals surface area (Å²) in [5, 5.41) is 4.90. The number of hydrogen-bond acceptors (Lipinski definition) is 2. The van der Waals surface area contributed by atoms with Crippen LogP contribution in [0.2, 0.25) is 0 Å². The fourth-order valence-corrected chi connectivity index (χ4v) is 6.34. The Kier molecular flexibility index (Phi) is 7.56. The van der Waals surface area contributed by atoms with Crippen LogP contribution in [-0.4, -0.2) is 0 Å². The van der Waals surface area contributed by atoms with E-state index in [0.29, 0.717) is 0 Å². The molecule has 0 aliphatic heterocycles. The maximum Gasteiger partial charge on any atom is 0.0540 e. The summed E-state index contributed by atoms with van der Waals surface area (Å²) in [6, 6.07) is 57.2. The second kappa shape index (κ2) is 12.1. The lowest BCUT2D eigenvalue weighted by Gasteiger charge is -2.31. The summed E-state index contributed by atoms with van der Waals surface area (Å²) in [6.45, 7) is 4.43. The zero-order valence-corrected chi connectivity index (χ0v) is 25.3. The number of anilines is 6. The summed E-state index contributed by atoms with van der Waals surface area (Å²) >= 11 is 0. The third-order valence-corrected chi connectivity index (χ3v) is 8.33. The Morgan fingerprint density at radius 2 is 0.909 bits per heavy atom. The molecule has 7 aromatic carbocycles. The monoisotopic (exact) mass is 568 g/mol. The van der Waals surface area contributed by atoms with Gasteiger partial charge >= 0.3 is 0 Å². The molecule has 0 fully saturated rings. The summed E-state index contributed by atoms with van der Waals surface area (Å²) in [6.07, 6.45) is 2.22. The molecule has 0 bridgehead atoms. The number of fused-ring (bicyclic) bond motifs is 2. The number of rotatable bonds is 8. The first-order chi connectivity index (χ1) is 21.7. The van der Waals surface area contributed by atoms with Gasteiger partial charge in [0.05, 0.1) is 11.4 Å². The third-order valence-electron chi connectivity index (χ3n) is 8.33. The number of para-hydroxylation sites is 1. The number of aryl methyl sites for hydroxylation is 2. The molecule has 0 aliphatic rings. The highest BCUT2D eigenvalue weighted by Gasteiger charge is 2.20. The van der Waals surface area contributed by atoms with E-state index in [1.807, 2.05) is 0 Å². The van der Waals surface area contributed by atoms with Gasteiger partial charge in [-0.05, 0) is 89.8 Å². The molecule has 7 aromatic rings. The van der Waals surface area contributed by atoms with Crippen molar-refractivity contribution in [3.05, 3.63) is 169 Å². The maximum absolute atomic E-state index is 2.42. The van der Waals surface area contributed by atoms with Crippen LogP contribution in [0, 0.1) is 6.92 Å². The van der Waals surface area contributed by atoms with E-state index in [2.05, 4.69) is 181 Å². The fraction of sp³-hybridized carbons (Fsp3) is 0.0952. The SMILES string of the molecule is CCCc1ccc(N(c2cc(C)cc(N(c3ccccc3)c3cccc4ccccc34)c2)c2cccc3ccccc23)cc1. The van der Waals surface area contributed by atoms with Crippen molar-refractivity contribution in [3.8, 4) is 0 Å². The highest BCUT2D eigenvalue weighted by atomic mass is 15.2. The van der Waals surface area contributed by atoms with Crippen molar-refractivity contribution in [1.82, 2.24) is 0 Å². The molecule has 0 saturated heterocycles. The van der Waals surface area contributed by atoms with Crippen LogP contribution in [0.1, 0.15) is 24.5 Å². The Morgan fingerprint density at radius 1 is 0.432 bits per heavy atom. The second-order valence-corrected chi connectivity index (χ2v) is 11.4. The van der Waals surface area contributed by atoms with E-state index in [9.17, 15) is 0 Å². The van der Waals surface area contributed by atoms with Crippen LogP contribution >= 0.6 is 0 Å². The molecule has 0 atom stereocenters. The van der Waals surface area contributed by atoms with Crippen LogP contribution in [-0.2, 0) is 6.42 Å². The lowest BCUT2D eigenvalue weighted by molar-refractivity contribution is 0.922. The van der Waals surface area contributed by atoms with Gasteiger partial charge in [-0.25, -0.2) is 0 Å². The summed E-state index contributed by atoms with van der Waals surface area (Å²) in [7, 11) is 0. The van der Waals surface area contributed by atoms with Crippen molar-refractivity contribution in [2.45, 2.75) is 26.7 Å². The van der Waals surface area contributed by atoms with Crippen molar-refractivity contribution < 1.29 is 0 Å². The first-order valence-electron chi connectivity index (χ1n) is 15.5. The van der Waals surface area contributed by atoms with Crippen molar-refractivity contribution in [1.29, 1.82) is 0 Å². The number of benzene rings is 7. The van der Waals surface area contributed by atoms with Gasteiger partial charge in [-0.3, -0.25) is 0 Å². The molecule has 214 valence electrons. The van der Waals surface area contributed by atoms with Gasteiger partial charge in [0.2, 0.25) is 0 Å². The Labute approximate surface area is 260 Å². The van der Waals surface area contributed by atoms with E-state index in [1.54, 1.807) is 0 Å². The average Bonchev–Trinajstić information content (AvgIpc) is 3.06. The molecule has 0 spiro atoms. The van der Waals surface area contributed by atoms with E-state index in [4.69, 9.17) is 0 Å². The van der Waals surface area contributed by atoms with Gasteiger partial charge in [-0.1, -0.05) is 116 Å². The molecular formula is C42H36N2. The molecule has 44 heavy (non-hydrogen) atoms. The van der Waals surface area contributed by atoms with E-state index in [0.717, 1.165) is 41.3 Å². The minimum absolute atomic E-state index is 1.08. The molecule has 0 radical (unpaired) electrons. The van der Waals surface area contributed by atoms with Crippen LogP contribution in [0.15, 0.2) is 158 Å². The van der Waals surface area contributed by atoms with Crippen molar-refractivity contribution in [2.75, 3.05) is 9.80 Å². The minimum atomic E-state index is 1.08. The van der Waals surface area contributed by atoms with Gasteiger partial charge in [-0.2, -0.15) is 0 Å². The predicted molar refractivity (Wildman–Crippen MR) is 190 cm³/mol. The van der Waals surface area contributed by atoms with Crippen LogP contribution in [0.4, 0.5) is 34.1 Å². The molecule has 0 N–H and O–H groups in total. The molecule has 7 rings (SSSR count). The van der Waals surface area contributed by atoms with E-state index < -0.39 is 0 Å². The molecule has 0 amide bonds. The molecule has 2 heteroatoms. The van der Waals surface area contributed by atoms with Gasteiger partial charge in [-0.15, -0.1) is 0 Å². The fourth-order valence-electron chi connectivity index (χ4n) is 6.34. The topological polar surface area (TPSA) is 6.48 Å². The van der Waals surface area contributed by atoms with Gasteiger partial charge in [0.25, 0.3) is 0 Å². The summed E-state index contributed by atoms with van der Waals surface area (Å²) in [5.74, 6) is 0. The molecule has 0 unspecified atom stereocenters. The number of hydrogen-bond donors (Lipinski definition) is 0. The standard InChI is InChI=1S/C42H36N2/c1-3-13-32-24-26-36(27-25-32)44(42-23-12-17-34-15-8-10-21-40(34)42)38-29-31(2)28-37(30-38)43(35-18-5-4-6-19-35)41-22-11-16-33-14-7-9-20-39(33)41/h4-12,14-30H,3,13H2,1-2H3. The lowest BCUT2D eigenvalue weighted by Crippen LogP contribution is -2.14. The predicted octanol–water partition coefficient (Wildman–Crippen LogP) is 12.2. The van der Waals surface area contributed by atoms with Crippen molar-refractivity contribution in [3.63, 3.8) is 0 Å². The smallest absolute Gasteiger partial charge is 0.0540 e. The van der Waals surface area contributed by atoms with Crippen LogP contribution < -0.4 is 9.80 Å². The van der Waals surface area contributed by atoms with Crippen LogP contribution in [0.5, 0.6) is 0 Å². The Morgan fingerprint density at radius 3 is 1.45 bits per heavy atom. The van der Waals surface area contributed by atoms with Crippen molar-refractivity contribution in [2.24, 2.45) is 0 Å². The lowest BCUT2D eigenvalue weighted by atomic mass is 10.0. The molecule has 0 aromatic heterocycles. The Balaban J connectivity index is 1.46. The third kappa shape index (κ3) is 5.31. The summed E-state index contributed by atoms with van der Waals surface area (Å²) in [5.41, 5.74) is 9.41. The zero-order chi connectivity index (χ0) is 29.9. The van der Waals surface area contributed by atoms with E-state index in [1.165, 1.54) is 38.4 Å². The highest BCUT2D eigenvalue weighted by Crippen LogP contribution is 2.44. The van der Waals surface area contributed by atoms with E-state index >= 15 is 0 Å². The normalized spacial score (nSPS) is 11.1. The molecule has 0 saturated carbocycles. The van der Waals surface area contributed by atoms with Gasteiger partial charge in [0.1, 0.15) is 0 Å². The maximum atomic E-state index is 2.42. The molecule has 0 aliphatic carbocycles. The molecular weight excluding hydrogens is 532 g/mol. The Hall–Kier alpha value is -5.34. The van der Waals surface area contributed by atoms with Crippen molar-refractivity contribution >= 4 is 55.7 Å².